The molecule has 0 saturated carbocycles. The molecule has 2 saturated heterocycles. The number of nitrogens with zero attached hydrogens (tertiary/aromatic N) is 3. The van der Waals surface area contributed by atoms with Crippen molar-refractivity contribution in [3.8, 4) is 5.88 Å². The maximum absolute atomic E-state index is 12.2. The fraction of sp³-hybridized carbons (Fsp3) is 0.667. The van der Waals surface area contributed by atoms with E-state index in [1.807, 2.05) is 38.1 Å². The number of carbonyl (C=O) groups excluding carboxylic acids is 1. The van der Waals surface area contributed by atoms with Crippen molar-refractivity contribution >= 4 is 6.03 Å². The third-order valence-electron chi connectivity index (χ3n) is 8.15. The molecule has 1 aromatic carbocycles. The van der Waals surface area contributed by atoms with Crippen LogP contribution in [0, 0.1) is 0 Å². The molecule has 3 heterocycles. The molecule has 2 aliphatic heterocycles. The molecule has 13 heteroatoms. The maximum atomic E-state index is 12.2. The number of hydrogen-bond donors (Lipinski definition) is 7. The molecule has 2 aliphatic rings. The Morgan fingerprint density at radius 3 is 2.40 bits per heavy atom. The minimum absolute atomic E-state index is 0.109. The Morgan fingerprint density at radius 2 is 1.72 bits per heavy atom. The number of benzene rings is 1. The quantitative estimate of drug-likeness (QED) is 0.151. The van der Waals surface area contributed by atoms with Gasteiger partial charge in [-0.15, -0.1) is 5.10 Å². The van der Waals surface area contributed by atoms with Crippen molar-refractivity contribution in [3.63, 3.8) is 0 Å². The number of aromatic amines is 1. The summed E-state index contributed by atoms with van der Waals surface area (Å²) in [5.41, 5.74) is 3.75. The van der Waals surface area contributed by atoms with Gasteiger partial charge in [-0.05, 0) is 43.5 Å². The lowest BCUT2D eigenvalue weighted by Crippen LogP contribution is -2.60. The fourth-order valence-corrected chi connectivity index (χ4v) is 5.37. The van der Waals surface area contributed by atoms with Crippen LogP contribution in [-0.2, 0) is 17.6 Å². The SMILES string of the molecule is CC(C)c1[nH]nc(O[C@@H]2O[C@H](CO)[C@@H](O)[C@H](O)[C@H]2O)c1Cc1ccc(CCNC(=O)NCCCN2CCN(C)CC2)cc1. The number of aliphatic hydroxyl groups is 4. The summed E-state index contributed by atoms with van der Waals surface area (Å²) in [5, 5.41) is 53.3. The number of piperazine rings is 1. The van der Waals surface area contributed by atoms with Gasteiger partial charge >= 0.3 is 6.03 Å². The average molecular weight is 605 g/mol. The van der Waals surface area contributed by atoms with E-state index in [-0.39, 0.29) is 17.8 Å². The summed E-state index contributed by atoms with van der Waals surface area (Å²) in [6.07, 6.45) is -4.80. The second kappa shape index (κ2) is 15.8. The predicted octanol–water partition coefficient (Wildman–Crippen LogP) is -0.218. The van der Waals surface area contributed by atoms with Crippen LogP contribution in [0.5, 0.6) is 5.88 Å². The molecule has 2 amide bonds. The first-order valence-corrected chi connectivity index (χ1v) is 15.2. The average Bonchev–Trinajstić information content (AvgIpc) is 3.39. The molecule has 0 unspecified atom stereocenters. The zero-order chi connectivity index (χ0) is 30.9. The van der Waals surface area contributed by atoms with Gasteiger partial charge in [0.2, 0.25) is 12.2 Å². The van der Waals surface area contributed by atoms with Crippen molar-refractivity contribution in [1.29, 1.82) is 0 Å². The second-order valence-electron chi connectivity index (χ2n) is 11.8. The number of likely N-dealkylation sites (N-methyl/N-ethyl adjacent to an activating group) is 1. The van der Waals surface area contributed by atoms with Gasteiger partial charge in [0.15, 0.2) is 0 Å². The fourth-order valence-electron chi connectivity index (χ4n) is 5.37. The predicted molar refractivity (Wildman–Crippen MR) is 160 cm³/mol. The van der Waals surface area contributed by atoms with Crippen LogP contribution >= 0.6 is 0 Å². The number of H-pyrrole nitrogens is 1. The number of rotatable bonds is 13. The van der Waals surface area contributed by atoms with Crippen LogP contribution in [0.15, 0.2) is 24.3 Å². The molecule has 0 bridgehead atoms. The first kappa shape index (κ1) is 33.1. The van der Waals surface area contributed by atoms with Crippen molar-refractivity contribution in [3.05, 3.63) is 46.6 Å². The zero-order valence-electron chi connectivity index (χ0n) is 25.4. The maximum Gasteiger partial charge on any atom is 0.314 e. The first-order chi connectivity index (χ1) is 20.7. The van der Waals surface area contributed by atoms with Crippen LogP contribution < -0.4 is 15.4 Å². The van der Waals surface area contributed by atoms with Gasteiger partial charge in [-0.1, -0.05) is 38.1 Å². The lowest BCUT2D eigenvalue weighted by molar-refractivity contribution is -0.278. The van der Waals surface area contributed by atoms with E-state index in [0.717, 1.165) is 61.5 Å². The molecule has 0 spiro atoms. The number of amides is 2. The number of hydrogen-bond acceptors (Lipinski definition) is 10. The summed E-state index contributed by atoms with van der Waals surface area (Å²) in [6, 6.07) is 7.93. The number of nitrogens with one attached hydrogen (secondary N) is 3. The van der Waals surface area contributed by atoms with Gasteiger partial charge in [-0.25, -0.2) is 4.79 Å². The zero-order valence-corrected chi connectivity index (χ0v) is 25.4. The monoisotopic (exact) mass is 604 g/mol. The van der Waals surface area contributed by atoms with Crippen LogP contribution in [0.2, 0.25) is 0 Å². The summed E-state index contributed by atoms with van der Waals surface area (Å²) < 4.78 is 11.4. The molecule has 4 rings (SSSR count). The normalized spacial score (nSPS) is 25.2. The highest BCUT2D eigenvalue weighted by Gasteiger charge is 2.45. The third-order valence-corrected chi connectivity index (χ3v) is 8.15. The van der Waals surface area contributed by atoms with E-state index >= 15 is 0 Å². The summed E-state index contributed by atoms with van der Waals surface area (Å²) in [6.45, 7) is 10.0. The van der Waals surface area contributed by atoms with Crippen molar-refractivity contribution in [2.45, 2.75) is 69.7 Å². The molecule has 7 N–H and O–H groups in total. The van der Waals surface area contributed by atoms with E-state index in [1.165, 1.54) is 0 Å². The minimum atomic E-state index is -1.54. The number of aromatic nitrogens is 2. The Kier molecular flexibility index (Phi) is 12.2. The Morgan fingerprint density at radius 1 is 1.05 bits per heavy atom. The highest BCUT2D eigenvalue weighted by atomic mass is 16.7. The third kappa shape index (κ3) is 9.11. The van der Waals surface area contributed by atoms with Crippen molar-refractivity contribution in [2.24, 2.45) is 0 Å². The van der Waals surface area contributed by atoms with E-state index in [2.05, 4.69) is 37.7 Å². The van der Waals surface area contributed by atoms with Crippen LogP contribution in [0.1, 0.15) is 48.6 Å². The van der Waals surface area contributed by atoms with Gasteiger partial charge in [0.25, 0.3) is 0 Å². The number of aliphatic hydroxyl groups excluding tert-OH is 4. The molecular formula is C30H48N6O7. The largest absolute Gasteiger partial charge is 0.443 e. The molecule has 1 aromatic heterocycles. The highest BCUT2D eigenvalue weighted by molar-refractivity contribution is 5.73. The van der Waals surface area contributed by atoms with E-state index in [4.69, 9.17) is 9.47 Å². The summed E-state index contributed by atoms with van der Waals surface area (Å²) >= 11 is 0. The van der Waals surface area contributed by atoms with Crippen molar-refractivity contribution in [1.82, 2.24) is 30.6 Å². The Hall–Kier alpha value is -2.78. The van der Waals surface area contributed by atoms with Crippen molar-refractivity contribution in [2.75, 3.05) is 59.5 Å². The van der Waals surface area contributed by atoms with Crippen LogP contribution in [0.4, 0.5) is 4.79 Å². The lowest BCUT2D eigenvalue weighted by atomic mass is 9.98. The molecule has 2 aromatic rings. The Labute approximate surface area is 253 Å². The van der Waals surface area contributed by atoms with Gasteiger partial charge in [-0.3, -0.25) is 5.10 Å². The molecule has 0 aliphatic carbocycles. The lowest BCUT2D eigenvalue weighted by Gasteiger charge is -2.39. The molecule has 240 valence electrons. The van der Waals surface area contributed by atoms with Crippen molar-refractivity contribution < 1.29 is 34.7 Å². The van der Waals surface area contributed by atoms with Crippen LogP contribution in [0.3, 0.4) is 0 Å². The molecule has 43 heavy (non-hydrogen) atoms. The van der Waals surface area contributed by atoms with E-state index in [1.54, 1.807) is 0 Å². The van der Waals surface area contributed by atoms with Crippen LogP contribution in [0.25, 0.3) is 0 Å². The van der Waals surface area contributed by atoms with E-state index < -0.39 is 37.3 Å². The summed E-state index contributed by atoms with van der Waals surface area (Å²) in [5.74, 6) is 0.328. The number of carbonyl (C=O) groups is 1. The molecule has 13 nitrogen and oxygen atoms in total. The van der Waals surface area contributed by atoms with Gasteiger partial charge in [-0.2, -0.15) is 0 Å². The Bertz CT molecular complexity index is 1140. The summed E-state index contributed by atoms with van der Waals surface area (Å²) in [4.78, 5) is 17.0. The van der Waals surface area contributed by atoms with Gasteiger partial charge in [0.05, 0.1) is 6.61 Å². The first-order valence-electron chi connectivity index (χ1n) is 15.2. The second-order valence-corrected chi connectivity index (χ2v) is 11.8. The molecular weight excluding hydrogens is 556 g/mol. The van der Waals surface area contributed by atoms with Crippen LogP contribution in [-0.4, -0.2) is 137 Å². The van der Waals surface area contributed by atoms with Gasteiger partial charge in [0, 0.05) is 56.9 Å². The molecule has 0 radical (unpaired) electrons. The minimum Gasteiger partial charge on any atom is -0.443 e. The van der Waals surface area contributed by atoms with E-state index in [0.29, 0.717) is 25.9 Å². The Balaban J connectivity index is 1.25. The molecule has 2 fully saturated rings. The molecule has 5 atom stereocenters. The standard InChI is InChI=1S/C30H48N6O7/c1-19(2)24-22(28(34-33-24)43-29-27(40)26(39)25(38)23(18-37)42-29)17-21-7-5-20(6-8-21)9-11-32-30(41)31-10-4-12-36-15-13-35(3)14-16-36/h5-8,19,23,25-27,29,37-40H,4,9-18H2,1-3H3,(H,33,34)(H2,31,32,41)/t23-,25-,26+,27-,29+/m1/s1. The van der Waals surface area contributed by atoms with Gasteiger partial charge < -0.3 is 50.3 Å². The van der Waals surface area contributed by atoms with Gasteiger partial charge in [0.1, 0.15) is 24.4 Å². The summed E-state index contributed by atoms with van der Waals surface area (Å²) in [7, 11) is 2.14. The number of ether oxygens (including phenoxy) is 2. The number of urea groups is 1. The smallest absolute Gasteiger partial charge is 0.314 e. The van der Waals surface area contributed by atoms with E-state index in [9.17, 15) is 25.2 Å². The highest BCUT2D eigenvalue weighted by Crippen LogP contribution is 2.31. The topological polar surface area (TPSA) is 176 Å².